The third-order valence-corrected chi connectivity index (χ3v) is 6.62. The molecule has 3 unspecified atom stereocenters. The van der Waals surface area contributed by atoms with Crippen molar-refractivity contribution in [3.05, 3.63) is 58.6 Å². The number of nitrogens with zero attached hydrogens (tertiary/aromatic N) is 1. The van der Waals surface area contributed by atoms with Crippen LogP contribution in [-0.2, 0) is 9.47 Å². The molecule has 2 heterocycles. The van der Waals surface area contributed by atoms with Gasteiger partial charge in [-0.1, -0.05) is 56.0 Å². The van der Waals surface area contributed by atoms with Crippen LogP contribution in [0.3, 0.4) is 0 Å². The van der Waals surface area contributed by atoms with Crippen LogP contribution in [0.25, 0.3) is 0 Å². The number of carbonyl (C=O) groups excluding carboxylic acids is 1. The number of benzene rings is 2. The number of quaternary nitrogens is 1. The van der Waals surface area contributed by atoms with E-state index in [1.807, 2.05) is 30.3 Å². The minimum absolute atomic E-state index is 0. The summed E-state index contributed by atoms with van der Waals surface area (Å²) in [5.41, 5.74) is 2.31. The van der Waals surface area contributed by atoms with E-state index in [2.05, 4.69) is 26.1 Å². The third-order valence-electron chi connectivity index (χ3n) is 6.38. The Morgan fingerprint density at radius 3 is 2.53 bits per heavy atom. The molecule has 0 spiro atoms. The Labute approximate surface area is 212 Å². The lowest BCUT2D eigenvalue weighted by Gasteiger charge is -2.29. The van der Waals surface area contributed by atoms with Gasteiger partial charge in [0.05, 0.1) is 26.7 Å². The van der Waals surface area contributed by atoms with Gasteiger partial charge in [0.15, 0.2) is 0 Å². The number of carbonyl (C=O) groups is 1. The van der Waals surface area contributed by atoms with Crippen LogP contribution in [0.2, 0.25) is 5.02 Å². The summed E-state index contributed by atoms with van der Waals surface area (Å²) >= 11 is 6.34. The molecule has 0 N–H and O–H groups in total. The van der Waals surface area contributed by atoms with Crippen LogP contribution in [0.15, 0.2) is 42.5 Å². The second kappa shape index (κ2) is 11.1. The molecule has 174 valence electrons. The van der Waals surface area contributed by atoms with Gasteiger partial charge < -0.3 is 38.2 Å². The van der Waals surface area contributed by atoms with Crippen molar-refractivity contribution in [2.24, 2.45) is 0 Å². The normalized spacial score (nSPS) is 23.0. The van der Waals surface area contributed by atoms with Gasteiger partial charge in [0.25, 0.3) is 0 Å². The van der Waals surface area contributed by atoms with E-state index in [1.165, 1.54) is 5.56 Å². The number of hydrogen-bond acceptors (Lipinski definition) is 4. The molecule has 7 heteroatoms. The van der Waals surface area contributed by atoms with Gasteiger partial charge in [0, 0.05) is 28.0 Å². The molecular weight excluding hydrogens is 541 g/mol. The van der Waals surface area contributed by atoms with E-state index in [4.69, 9.17) is 25.8 Å². The van der Waals surface area contributed by atoms with Crippen molar-refractivity contribution in [3.63, 3.8) is 0 Å². The van der Waals surface area contributed by atoms with Gasteiger partial charge in [0.2, 0.25) is 6.73 Å². The summed E-state index contributed by atoms with van der Waals surface area (Å²) in [6, 6.07) is 14.0. The molecule has 0 saturated carbocycles. The van der Waals surface area contributed by atoms with Crippen LogP contribution in [0, 0.1) is 0 Å². The van der Waals surface area contributed by atoms with E-state index in [0.29, 0.717) is 22.8 Å². The zero-order valence-corrected chi connectivity index (χ0v) is 21.6. The molecule has 0 aromatic heterocycles. The number of hydrogen-bond donors (Lipinski definition) is 0. The molecule has 0 aliphatic carbocycles. The van der Waals surface area contributed by atoms with Gasteiger partial charge in [-0.05, 0) is 30.7 Å². The highest BCUT2D eigenvalue weighted by atomic mass is 127. The molecule has 2 aliphatic rings. The highest BCUT2D eigenvalue weighted by Crippen LogP contribution is 2.51. The topological polar surface area (TPSA) is 44.8 Å². The lowest BCUT2D eigenvalue weighted by atomic mass is 9.84. The molecule has 5 nitrogen and oxygen atoms in total. The molecule has 2 aromatic carbocycles. The van der Waals surface area contributed by atoms with Crippen molar-refractivity contribution in [2.75, 3.05) is 33.5 Å². The first kappa shape index (κ1) is 25.1. The van der Waals surface area contributed by atoms with E-state index >= 15 is 0 Å². The summed E-state index contributed by atoms with van der Waals surface area (Å²) in [6.45, 7) is 4.55. The minimum atomic E-state index is -0.574. The van der Waals surface area contributed by atoms with Gasteiger partial charge >= 0.3 is 6.16 Å². The van der Waals surface area contributed by atoms with E-state index in [0.717, 1.165) is 55.8 Å². The summed E-state index contributed by atoms with van der Waals surface area (Å²) in [7, 11) is 2.14. The molecule has 1 saturated heterocycles. The molecule has 32 heavy (non-hydrogen) atoms. The molecule has 3 atom stereocenters. The zero-order valence-electron chi connectivity index (χ0n) is 18.7. The number of para-hydroxylation sites is 1. The zero-order chi connectivity index (χ0) is 21.8. The van der Waals surface area contributed by atoms with E-state index in [-0.39, 0.29) is 35.8 Å². The first-order valence-corrected chi connectivity index (χ1v) is 11.6. The minimum Gasteiger partial charge on any atom is -1.00 e. The van der Waals surface area contributed by atoms with Crippen molar-refractivity contribution in [1.82, 2.24) is 0 Å². The van der Waals surface area contributed by atoms with Gasteiger partial charge in [-0.15, -0.1) is 0 Å². The Morgan fingerprint density at radius 2 is 1.75 bits per heavy atom. The summed E-state index contributed by atoms with van der Waals surface area (Å²) in [6.07, 6.45) is 3.70. The number of likely N-dealkylation sites (tertiary alicyclic amines) is 1. The summed E-state index contributed by atoms with van der Waals surface area (Å²) < 4.78 is 17.7. The fraction of sp³-hybridized carbons (Fsp3) is 0.480. The van der Waals surface area contributed by atoms with Crippen LogP contribution >= 0.6 is 11.6 Å². The molecular formula is C25H31ClINO4. The Bertz CT molecular complexity index is 940. The first-order valence-electron chi connectivity index (χ1n) is 11.2. The first-order chi connectivity index (χ1) is 15.0. The van der Waals surface area contributed by atoms with Crippen LogP contribution < -0.4 is 28.7 Å². The lowest BCUT2D eigenvalue weighted by Crippen LogP contribution is -3.00. The van der Waals surface area contributed by atoms with Crippen molar-refractivity contribution in [3.8, 4) is 11.5 Å². The highest BCUT2D eigenvalue weighted by molar-refractivity contribution is 6.30. The second-order valence-corrected chi connectivity index (χ2v) is 9.39. The Balaban J connectivity index is 0.00000289. The fourth-order valence-electron chi connectivity index (χ4n) is 4.85. The standard InChI is InChI=1S/C25H31ClNO4.HI/c1-3-4-5-8-13-29-25(28)30-17-27(2)15-21-19-9-6-7-10-23(19)31-24-12-11-18(26)14-20(24)22(21)16-27;/h6-7,9-12,14,21-22H,3-5,8,13,15-17H2,1-2H3;1H/q+1;/p-1. The van der Waals surface area contributed by atoms with Crippen molar-refractivity contribution >= 4 is 17.8 Å². The molecule has 0 radical (unpaired) electrons. The largest absolute Gasteiger partial charge is 1.00 e. The fourth-order valence-corrected chi connectivity index (χ4v) is 5.03. The summed E-state index contributed by atoms with van der Waals surface area (Å²) in [5, 5.41) is 0.705. The molecule has 0 amide bonds. The maximum absolute atomic E-state index is 12.1. The molecule has 2 aromatic rings. The summed E-state index contributed by atoms with van der Waals surface area (Å²) in [5.74, 6) is 2.23. The van der Waals surface area contributed by atoms with Crippen LogP contribution in [-0.4, -0.2) is 44.1 Å². The number of unbranched alkanes of at least 4 members (excludes halogenated alkanes) is 3. The van der Waals surface area contributed by atoms with Gasteiger partial charge in [-0.25, -0.2) is 4.79 Å². The Kier molecular flexibility index (Phi) is 8.69. The third kappa shape index (κ3) is 5.69. The number of ether oxygens (including phenoxy) is 3. The molecule has 1 fully saturated rings. The Hall–Kier alpha value is -1.51. The van der Waals surface area contributed by atoms with E-state index in [9.17, 15) is 4.79 Å². The van der Waals surface area contributed by atoms with Gasteiger partial charge in [-0.3, -0.25) is 4.48 Å². The predicted molar refractivity (Wildman–Crippen MR) is 121 cm³/mol. The SMILES string of the molecule is CCCCCCOC(=O)OC[N+]1(C)CC2c3ccccc3Oc3ccc(Cl)cc3C2C1.[I-]. The van der Waals surface area contributed by atoms with Crippen LogP contribution in [0.4, 0.5) is 4.79 Å². The van der Waals surface area contributed by atoms with Crippen molar-refractivity contribution in [1.29, 1.82) is 0 Å². The predicted octanol–water partition coefficient (Wildman–Crippen LogP) is 3.47. The number of rotatable bonds is 7. The molecule has 0 bridgehead atoms. The van der Waals surface area contributed by atoms with Gasteiger partial charge in [0.1, 0.15) is 11.5 Å². The smallest absolute Gasteiger partial charge is 0.512 e. The molecule has 4 rings (SSSR count). The van der Waals surface area contributed by atoms with Crippen molar-refractivity contribution in [2.45, 2.75) is 44.4 Å². The maximum atomic E-state index is 12.1. The van der Waals surface area contributed by atoms with E-state index < -0.39 is 6.16 Å². The molecule has 2 aliphatic heterocycles. The average Bonchev–Trinajstić information content (AvgIpc) is 3.06. The number of likely N-dealkylation sites (N-methyl/N-ethyl adjacent to an activating group) is 1. The summed E-state index contributed by atoms with van der Waals surface area (Å²) in [4.78, 5) is 12.1. The van der Waals surface area contributed by atoms with Gasteiger partial charge in [-0.2, -0.15) is 0 Å². The van der Waals surface area contributed by atoms with Crippen LogP contribution in [0.1, 0.15) is 55.6 Å². The van der Waals surface area contributed by atoms with Crippen LogP contribution in [0.5, 0.6) is 11.5 Å². The number of fused-ring (bicyclic) bond motifs is 5. The quantitative estimate of drug-likeness (QED) is 0.221. The average molecular weight is 572 g/mol. The second-order valence-electron chi connectivity index (χ2n) is 8.95. The number of halogens is 2. The van der Waals surface area contributed by atoms with E-state index in [1.54, 1.807) is 0 Å². The monoisotopic (exact) mass is 571 g/mol. The maximum Gasteiger partial charge on any atom is 0.512 e. The highest BCUT2D eigenvalue weighted by Gasteiger charge is 2.48. The lowest BCUT2D eigenvalue weighted by molar-refractivity contribution is -0.915. The van der Waals surface area contributed by atoms with Crippen molar-refractivity contribution < 1.29 is 47.5 Å². The Morgan fingerprint density at radius 1 is 1.03 bits per heavy atom.